The molecule has 0 bridgehead atoms. The fraction of sp³-hybridized carbons (Fsp3) is 0.222. The number of alkyl halides is 2. The summed E-state index contributed by atoms with van der Waals surface area (Å²) in [6.45, 7) is 0. The second-order valence-corrected chi connectivity index (χ2v) is 4.11. The summed E-state index contributed by atoms with van der Waals surface area (Å²) in [7, 11) is 0. The smallest absolute Gasteiger partial charge is 0.207 e. The van der Waals surface area contributed by atoms with Gasteiger partial charge >= 0.3 is 0 Å². The van der Waals surface area contributed by atoms with Crippen molar-refractivity contribution in [2.75, 3.05) is 0 Å². The molecule has 0 fully saturated rings. The van der Waals surface area contributed by atoms with Crippen molar-refractivity contribution in [3.63, 3.8) is 0 Å². The second kappa shape index (κ2) is 3.95. The third kappa shape index (κ3) is 3.22. The van der Waals surface area contributed by atoms with E-state index in [1.54, 1.807) is 18.2 Å². The standard InChI is InChI=1S/C9H6Cl2FN/c10-9(11,6-13)5-7-2-1-3-8(12)4-7/h1-4H,5H2. The van der Waals surface area contributed by atoms with E-state index in [0.29, 0.717) is 5.56 Å². The lowest BCUT2D eigenvalue weighted by Crippen LogP contribution is -2.13. The van der Waals surface area contributed by atoms with Gasteiger partial charge in [0.1, 0.15) is 11.9 Å². The van der Waals surface area contributed by atoms with Crippen molar-refractivity contribution < 1.29 is 4.39 Å². The Bertz CT molecular complexity index is 344. The molecule has 0 aliphatic heterocycles. The number of halogens is 3. The van der Waals surface area contributed by atoms with E-state index in [9.17, 15) is 4.39 Å². The van der Waals surface area contributed by atoms with E-state index in [-0.39, 0.29) is 12.2 Å². The van der Waals surface area contributed by atoms with Crippen LogP contribution in [-0.4, -0.2) is 4.33 Å². The average Bonchev–Trinajstić information content (AvgIpc) is 2.03. The fourth-order valence-corrected chi connectivity index (χ4v) is 1.25. The van der Waals surface area contributed by atoms with Crippen LogP contribution in [0.25, 0.3) is 0 Å². The van der Waals surface area contributed by atoms with Gasteiger partial charge in [-0.25, -0.2) is 4.39 Å². The third-order valence-corrected chi connectivity index (χ3v) is 1.92. The zero-order chi connectivity index (χ0) is 9.90. The molecule has 0 radical (unpaired) electrons. The molecule has 0 aromatic heterocycles. The maximum Gasteiger partial charge on any atom is 0.207 e. The molecule has 0 amide bonds. The Morgan fingerprint density at radius 3 is 2.69 bits per heavy atom. The van der Waals surface area contributed by atoms with Crippen LogP contribution in [0.15, 0.2) is 24.3 Å². The van der Waals surface area contributed by atoms with Gasteiger partial charge in [-0.15, -0.1) is 0 Å². The molecule has 68 valence electrons. The molecule has 1 nitrogen and oxygen atoms in total. The van der Waals surface area contributed by atoms with Gasteiger partial charge in [0.15, 0.2) is 0 Å². The monoisotopic (exact) mass is 217 g/mol. The first-order valence-electron chi connectivity index (χ1n) is 3.57. The highest BCUT2D eigenvalue weighted by molar-refractivity contribution is 6.50. The zero-order valence-corrected chi connectivity index (χ0v) is 8.11. The minimum Gasteiger partial charge on any atom is -0.207 e. The van der Waals surface area contributed by atoms with Crippen LogP contribution >= 0.6 is 23.2 Å². The van der Waals surface area contributed by atoms with Gasteiger partial charge in [-0.3, -0.25) is 0 Å². The lowest BCUT2D eigenvalue weighted by Gasteiger charge is -2.09. The number of nitrogens with zero attached hydrogens (tertiary/aromatic N) is 1. The Hall–Kier alpha value is -0.780. The summed E-state index contributed by atoms with van der Waals surface area (Å²) < 4.78 is 11.2. The molecule has 0 atom stereocenters. The molecular weight excluding hydrogens is 212 g/mol. The van der Waals surface area contributed by atoms with Gasteiger partial charge in [0.05, 0.1) is 0 Å². The maximum absolute atomic E-state index is 12.7. The van der Waals surface area contributed by atoms with Crippen molar-refractivity contribution in [2.24, 2.45) is 0 Å². The lowest BCUT2D eigenvalue weighted by atomic mass is 10.1. The van der Waals surface area contributed by atoms with Crippen LogP contribution in [0.4, 0.5) is 4.39 Å². The summed E-state index contributed by atoms with van der Waals surface area (Å²) in [6.07, 6.45) is 0.115. The first-order chi connectivity index (χ1) is 6.03. The first kappa shape index (κ1) is 10.3. The van der Waals surface area contributed by atoms with E-state index < -0.39 is 4.33 Å². The van der Waals surface area contributed by atoms with Gasteiger partial charge in [-0.05, 0) is 17.7 Å². The predicted molar refractivity (Wildman–Crippen MR) is 50.2 cm³/mol. The molecule has 1 aromatic rings. The van der Waals surface area contributed by atoms with Crippen LogP contribution in [0.5, 0.6) is 0 Å². The summed E-state index contributed by atoms with van der Waals surface area (Å²) in [5, 5.41) is 8.52. The number of nitriles is 1. The van der Waals surface area contributed by atoms with Crippen molar-refractivity contribution in [1.82, 2.24) is 0 Å². The first-order valence-corrected chi connectivity index (χ1v) is 4.32. The molecule has 1 aromatic carbocycles. The SMILES string of the molecule is N#CC(Cl)(Cl)Cc1cccc(F)c1. The molecule has 13 heavy (non-hydrogen) atoms. The zero-order valence-electron chi connectivity index (χ0n) is 6.60. The molecule has 0 N–H and O–H groups in total. The number of hydrogen-bond donors (Lipinski definition) is 0. The van der Waals surface area contributed by atoms with Crippen molar-refractivity contribution in [1.29, 1.82) is 5.26 Å². The van der Waals surface area contributed by atoms with Crippen molar-refractivity contribution in [2.45, 2.75) is 10.8 Å². The number of benzene rings is 1. The van der Waals surface area contributed by atoms with Crippen LogP contribution < -0.4 is 0 Å². The van der Waals surface area contributed by atoms with Gasteiger partial charge in [0.2, 0.25) is 4.33 Å². The van der Waals surface area contributed by atoms with E-state index in [1.807, 2.05) is 0 Å². The van der Waals surface area contributed by atoms with E-state index in [0.717, 1.165) is 0 Å². The maximum atomic E-state index is 12.7. The molecule has 0 aliphatic rings. The Morgan fingerprint density at radius 1 is 1.46 bits per heavy atom. The van der Waals surface area contributed by atoms with Gasteiger partial charge < -0.3 is 0 Å². The molecule has 0 aliphatic carbocycles. The van der Waals surface area contributed by atoms with E-state index >= 15 is 0 Å². The minimum absolute atomic E-state index is 0.115. The molecule has 0 spiro atoms. The van der Waals surface area contributed by atoms with Crippen molar-refractivity contribution in [3.8, 4) is 6.07 Å². The highest BCUT2D eigenvalue weighted by Gasteiger charge is 2.23. The lowest BCUT2D eigenvalue weighted by molar-refractivity contribution is 0.625. The van der Waals surface area contributed by atoms with Crippen LogP contribution in [0.1, 0.15) is 5.56 Å². The van der Waals surface area contributed by atoms with Crippen molar-refractivity contribution >= 4 is 23.2 Å². The predicted octanol–water partition coefficient (Wildman–Crippen LogP) is 3.07. The van der Waals surface area contributed by atoms with Gasteiger partial charge in [-0.1, -0.05) is 35.3 Å². The normalized spacial score (nSPS) is 10.9. The fourth-order valence-electron chi connectivity index (χ4n) is 0.943. The summed E-state index contributed by atoms with van der Waals surface area (Å²) in [5.41, 5.74) is 0.603. The average molecular weight is 218 g/mol. The van der Waals surface area contributed by atoms with Crippen LogP contribution in [0, 0.1) is 17.1 Å². The third-order valence-electron chi connectivity index (χ3n) is 1.48. The number of rotatable bonds is 2. The minimum atomic E-state index is -1.48. The van der Waals surface area contributed by atoms with Crippen molar-refractivity contribution in [3.05, 3.63) is 35.6 Å². The van der Waals surface area contributed by atoms with Gasteiger partial charge in [0.25, 0.3) is 0 Å². The highest BCUT2D eigenvalue weighted by Crippen LogP contribution is 2.25. The molecule has 1 rings (SSSR count). The van der Waals surface area contributed by atoms with Crippen LogP contribution in [0.2, 0.25) is 0 Å². The Balaban J connectivity index is 2.82. The summed E-state index contributed by atoms with van der Waals surface area (Å²) in [5.74, 6) is -0.362. The number of hydrogen-bond acceptors (Lipinski definition) is 1. The molecular formula is C9H6Cl2FN. The Labute approximate surface area is 85.7 Å². The molecule has 0 heterocycles. The Morgan fingerprint density at radius 2 is 2.15 bits per heavy atom. The summed E-state index contributed by atoms with van der Waals surface area (Å²) in [4.78, 5) is 0. The Kier molecular flexibility index (Phi) is 3.13. The van der Waals surface area contributed by atoms with Crippen LogP contribution in [0.3, 0.4) is 0 Å². The topological polar surface area (TPSA) is 23.8 Å². The van der Waals surface area contributed by atoms with Gasteiger partial charge in [0, 0.05) is 6.42 Å². The molecule has 0 saturated carbocycles. The quantitative estimate of drug-likeness (QED) is 0.699. The molecule has 0 saturated heterocycles. The van der Waals surface area contributed by atoms with E-state index in [2.05, 4.69) is 0 Å². The summed E-state index contributed by atoms with van der Waals surface area (Å²) in [6, 6.07) is 7.55. The molecule has 0 unspecified atom stereocenters. The van der Waals surface area contributed by atoms with Crippen LogP contribution in [-0.2, 0) is 6.42 Å². The van der Waals surface area contributed by atoms with E-state index in [4.69, 9.17) is 28.5 Å². The van der Waals surface area contributed by atoms with Gasteiger partial charge in [-0.2, -0.15) is 5.26 Å². The second-order valence-electron chi connectivity index (χ2n) is 2.62. The summed E-state index contributed by atoms with van der Waals surface area (Å²) >= 11 is 11.2. The molecule has 4 heteroatoms. The van der Waals surface area contributed by atoms with E-state index in [1.165, 1.54) is 12.1 Å². The highest BCUT2D eigenvalue weighted by atomic mass is 35.5. The largest absolute Gasteiger partial charge is 0.207 e.